The summed E-state index contributed by atoms with van der Waals surface area (Å²) in [7, 11) is 0. The second-order valence-corrected chi connectivity index (χ2v) is 4.68. The van der Waals surface area contributed by atoms with Gasteiger partial charge in [0.25, 0.3) is 5.56 Å². The zero-order chi connectivity index (χ0) is 13.8. The molecule has 2 N–H and O–H groups in total. The fraction of sp³-hybridized carbons (Fsp3) is 0.667. The molecule has 1 aromatic heterocycles. The molecule has 1 aromatic rings. The van der Waals surface area contributed by atoms with Gasteiger partial charge >= 0.3 is 5.69 Å². The third-order valence-electron chi connectivity index (χ3n) is 3.34. The first-order valence-corrected chi connectivity index (χ1v) is 6.43. The summed E-state index contributed by atoms with van der Waals surface area (Å²) in [6.45, 7) is 0.207. The summed E-state index contributed by atoms with van der Waals surface area (Å²) >= 11 is 0. The SMILES string of the molecule is O=c1[nH]c(=O)n(CCOC2CCCCC2)c(O)c1F. The van der Waals surface area contributed by atoms with Crippen molar-refractivity contribution in [2.45, 2.75) is 44.8 Å². The normalized spacial score (nSPS) is 16.7. The summed E-state index contributed by atoms with van der Waals surface area (Å²) < 4.78 is 19.5. The zero-order valence-corrected chi connectivity index (χ0v) is 10.5. The minimum atomic E-state index is -1.35. The molecule has 0 spiro atoms. The number of nitrogens with zero attached hydrogens (tertiary/aromatic N) is 1. The van der Waals surface area contributed by atoms with Crippen molar-refractivity contribution in [1.29, 1.82) is 0 Å². The van der Waals surface area contributed by atoms with Gasteiger partial charge in [-0.1, -0.05) is 19.3 Å². The van der Waals surface area contributed by atoms with Crippen molar-refractivity contribution in [3.05, 3.63) is 26.7 Å². The molecule has 0 aromatic carbocycles. The van der Waals surface area contributed by atoms with Crippen LogP contribution in [-0.4, -0.2) is 27.4 Å². The van der Waals surface area contributed by atoms with E-state index in [1.807, 2.05) is 0 Å². The number of aromatic nitrogens is 2. The Hall–Kier alpha value is -1.63. The van der Waals surface area contributed by atoms with E-state index >= 15 is 0 Å². The van der Waals surface area contributed by atoms with Crippen LogP contribution in [-0.2, 0) is 11.3 Å². The first kappa shape index (κ1) is 13.8. The lowest BCUT2D eigenvalue weighted by Crippen LogP contribution is -2.33. The minimum Gasteiger partial charge on any atom is -0.492 e. The van der Waals surface area contributed by atoms with Gasteiger partial charge in [0.05, 0.1) is 19.3 Å². The van der Waals surface area contributed by atoms with Crippen LogP contribution in [0.4, 0.5) is 4.39 Å². The molecule has 1 aliphatic carbocycles. The fourth-order valence-electron chi connectivity index (χ4n) is 2.29. The van der Waals surface area contributed by atoms with Crippen molar-refractivity contribution in [3.63, 3.8) is 0 Å². The quantitative estimate of drug-likeness (QED) is 0.846. The fourth-order valence-corrected chi connectivity index (χ4v) is 2.29. The topological polar surface area (TPSA) is 84.3 Å². The van der Waals surface area contributed by atoms with Gasteiger partial charge in [0.1, 0.15) is 0 Å². The lowest BCUT2D eigenvalue weighted by atomic mass is 9.98. The Morgan fingerprint density at radius 2 is 2.00 bits per heavy atom. The number of H-pyrrole nitrogens is 1. The van der Waals surface area contributed by atoms with Gasteiger partial charge in [0, 0.05) is 0 Å². The predicted molar refractivity (Wildman–Crippen MR) is 65.8 cm³/mol. The third-order valence-corrected chi connectivity index (χ3v) is 3.34. The molecule has 0 atom stereocenters. The Balaban J connectivity index is 1.98. The van der Waals surface area contributed by atoms with E-state index < -0.39 is 22.9 Å². The van der Waals surface area contributed by atoms with E-state index in [0.717, 1.165) is 30.3 Å². The molecule has 1 saturated carbocycles. The van der Waals surface area contributed by atoms with Gasteiger partial charge in [-0.15, -0.1) is 0 Å². The van der Waals surface area contributed by atoms with Crippen molar-refractivity contribution in [1.82, 2.24) is 9.55 Å². The van der Waals surface area contributed by atoms with Crippen molar-refractivity contribution < 1.29 is 14.2 Å². The maximum Gasteiger partial charge on any atom is 0.331 e. The molecule has 2 rings (SSSR count). The van der Waals surface area contributed by atoms with Crippen LogP contribution in [0, 0.1) is 5.82 Å². The van der Waals surface area contributed by atoms with Crippen molar-refractivity contribution in [2.75, 3.05) is 6.61 Å². The number of aromatic amines is 1. The Bertz CT molecular complexity index is 546. The number of rotatable bonds is 4. The van der Waals surface area contributed by atoms with E-state index in [0.29, 0.717) is 0 Å². The Kier molecular flexibility index (Phi) is 4.36. The largest absolute Gasteiger partial charge is 0.492 e. The average Bonchev–Trinajstić information content (AvgIpc) is 2.41. The van der Waals surface area contributed by atoms with E-state index in [1.165, 1.54) is 6.42 Å². The van der Waals surface area contributed by atoms with Gasteiger partial charge in [-0.25, -0.2) is 4.79 Å². The first-order chi connectivity index (χ1) is 9.09. The monoisotopic (exact) mass is 272 g/mol. The van der Waals surface area contributed by atoms with Gasteiger partial charge in [-0.3, -0.25) is 14.3 Å². The lowest BCUT2D eigenvalue weighted by molar-refractivity contribution is 0.0226. The molecule has 0 aliphatic heterocycles. The number of hydrogen-bond acceptors (Lipinski definition) is 4. The summed E-state index contributed by atoms with van der Waals surface area (Å²) in [5, 5.41) is 9.41. The second kappa shape index (κ2) is 6.01. The summed E-state index contributed by atoms with van der Waals surface area (Å²) in [5.74, 6) is -2.29. The number of hydrogen-bond donors (Lipinski definition) is 2. The van der Waals surface area contributed by atoms with E-state index in [4.69, 9.17) is 4.74 Å². The van der Waals surface area contributed by atoms with Gasteiger partial charge in [-0.05, 0) is 12.8 Å². The number of halogens is 1. The molecule has 0 saturated heterocycles. The highest BCUT2D eigenvalue weighted by Gasteiger charge is 2.16. The van der Waals surface area contributed by atoms with Crippen LogP contribution in [0.15, 0.2) is 9.59 Å². The third kappa shape index (κ3) is 3.23. The van der Waals surface area contributed by atoms with E-state index in [9.17, 15) is 19.1 Å². The van der Waals surface area contributed by atoms with Crippen molar-refractivity contribution in [3.8, 4) is 5.88 Å². The standard InChI is InChI=1S/C12H17FN2O4/c13-9-10(16)14-12(18)15(11(9)17)6-7-19-8-4-2-1-3-5-8/h8,17H,1-7H2,(H,14,16,18). The highest BCUT2D eigenvalue weighted by Crippen LogP contribution is 2.20. The van der Waals surface area contributed by atoms with Crippen LogP contribution in [0.25, 0.3) is 0 Å². The summed E-state index contributed by atoms with van der Waals surface area (Å²) in [6.07, 6.45) is 5.61. The summed E-state index contributed by atoms with van der Waals surface area (Å²) in [4.78, 5) is 24.1. The molecule has 6 nitrogen and oxygen atoms in total. The number of ether oxygens (including phenoxy) is 1. The number of nitrogens with one attached hydrogen (secondary N) is 1. The molecule has 0 unspecified atom stereocenters. The lowest BCUT2D eigenvalue weighted by Gasteiger charge is -2.22. The number of aromatic hydroxyl groups is 1. The summed E-state index contributed by atoms with van der Waals surface area (Å²) in [5.41, 5.74) is -2.05. The molecule has 0 bridgehead atoms. The molecule has 0 amide bonds. The van der Waals surface area contributed by atoms with E-state index in [-0.39, 0.29) is 19.3 Å². The molecule has 1 aliphatic rings. The van der Waals surface area contributed by atoms with E-state index in [1.54, 1.807) is 4.98 Å². The average molecular weight is 272 g/mol. The van der Waals surface area contributed by atoms with Gasteiger partial charge < -0.3 is 9.84 Å². The van der Waals surface area contributed by atoms with Crippen molar-refractivity contribution in [2.24, 2.45) is 0 Å². The van der Waals surface area contributed by atoms with Gasteiger partial charge in [0.2, 0.25) is 11.7 Å². The maximum atomic E-state index is 13.2. The van der Waals surface area contributed by atoms with Crippen LogP contribution in [0.2, 0.25) is 0 Å². The Labute approximate surface area is 108 Å². The van der Waals surface area contributed by atoms with E-state index in [2.05, 4.69) is 0 Å². The minimum absolute atomic E-state index is 0.00880. The molecule has 0 radical (unpaired) electrons. The van der Waals surface area contributed by atoms with Crippen LogP contribution in [0.3, 0.4) is 0 Å². The van der Waals surface area contributed by atoms with Crippen LogP contribution in [0.1, 0.15) is 32.1 Å². The first-order valence-electron chi connectivity index (χ1n) is 6.43. The van der Waals surface area contributed by atoms with Gasteiger partial charge in [-0.2, -0.15) is 4.39 Å². The smallest absolute Gasteiger partial charge is 0.331 e. The molecule has 7 heteroatoms. The second-order valence-electron chi connectivity index (χ2n) is 4.68. The van der Waals surface area contributed by atoms with Crippen LogP contribution in [0.5, 0.6) is 5.88 Å². The van der Waals surface area contributed by atoms with Crippen LogP contribution < -0.4 is 11.2 Å². The zero-order valence-electron chi connectivity index (χ0n) is 10.5. The Morgan fingerprint density at radius 3 is 2.68 bits per heavy atom. The molecule has 19 heavy (non-hydrogen) atoms. The molecular weight excluding hydrogens is 255 g/mol. The molecular formula is C12H17FN2O4. The predicted octanol–water partition coefficient (Wildman–Crippen LogP) is 0.731. The molecule has 106 valence electrons. The maximum absolute atomic E-state index is 13.2. The summed E-state index contributed by atoms with van der Waals surface area (Å²) in [6, 6.07) is 0. The Morgan fingerprint density at radius 1 is 1.32 bits per heavy atom. The molecule has 1 fully saturated rings. The van der Waals surface area contributed by atoms with Gasteiger partial charge in [0.15, 0.2) is 0 Å². The van der Waals surface area contributed by atoms with Crippen molar-refractivity contribution >= 4 is 0 Å². The highest BCUT2D eigenvalue weighted by atomic mass is 19.1. The molecule has 1 heterocycles. The van der Waals surface area contributed by atoms with Crippen LogP contribution >= 0.6 is 0 Å². The highest BCUT2D eigenvalue weighted by molar-refractivity contribution is 5.09.